The van der Waals surface area contributed by atoms with E-state index in [4.69, 9.17) is 0 Å². The van der Waals surface area contributed by atoms with Crippen LogP contribution in [0.3, 0.4) is 0 Å². The quantitative estimate of drug-likeness (QED) is 0.151. The third-order valence-corrected chi connectivity index (χ3v) is 18.8. The van der Waals surface area contributed by atoms with Gasteiger partial charge in [0.2, 0.25) is 0 Å². The van der Waals surface area contributed by atoms with Gasteiger partial charge in [-0.2, -0.15) is 0 Å². The van der Waals surface area contributed by atoms with E-state index in [2.05, 4.69) is 253 Å². The Balaban J connectivity index is 0.900. The summed E-state index contributed by atoms with van der Waals surface area (Å²) in [7, 11) is 0. The van der Waals surface area contributed by atoms with Crippen molar-refractivity contribution in [1.29, 1.82) is 0 Å². The second-order valence-corrected chi connectivity index (χ2v) is 22.3. The number of aromatic nitrogens is 2. The standard InChI is InChI=1S/C61H46IN3/c1-41-36-49(62(47-18-8-4-9-19-47)48-20-10-5-11-21-48)30-33-52(41)61-42(2)37-51(40-63-61)65-58-25-15-13-23-54(58)56-39-46(29-35-60(56)65)45-28-34-59-55(38-45)53-22-12-14-24-57(53)64(59)50-31-26-44(27-32-50)43-16-6-3-7-17-43/h3-39,63H,40H2,1-2H3. The topological polar surface area (TPSA) is 21.9 Å². The number of rotatable bonds is 8. The van der Waals surface area contributed by atoms with Gasteiger partial charge in [0, 0.05) is 16.5 Å². The zero-order valence-electron chi connectivity index (χ0n) is 36.3. The van der Waals surface area contributed by atoms with Crippen LogP contribution in [0, 0.1) is 17.6 Å². The molecular weight excluding hydrogens is 902 g/mol. The molecule has 0 saturated carbocycles. The zero-order valence-corrected chi connectivity index (χ0v) is 38.5. The van der Waals surface area contributed by atoms with Crippen molar-refractivity contribution in [2.45, 2.75) is 13.8 Å². The van der Waals surface area contributed by atoms with E-state index < -0.39 is 19.8 Å². The monoisotopic (exact) mass is 947 g/mol. The number of hydrogen-bond donors (Lipinski definition) is 1. The number of nitrogens with zero attached hydrogens (tertiary/aromatic N) is 2. The number of hydrogen-bond acceptors (Lipinski definition) is 1. The summed E-state index contributed by atoms with van der Waals surface area (Å²) in [5, 5.41) is 8.93. The van der Waals surface area contributed by atoms with E-state index in [9.17, 15) is 0 Å². The third kappa shape index (κ3) is 6.88. The van der Waals surface area contributed by atoms with Crippen LogP contribution in [0.1, 0.15) is 18.1 Å². The molecule has 0 fully saturated rings. The van der Waals surface area contributed by atoms with Gasteiger partial charge >= 0.3 is 232 Å². The first kappa shape index (κ1) is 39.2. The van der Waals surface area contributed by atoms with E-state index in [1.165, 1.54) is 105 Å². The molecular formula is C61H46IN3. The van der Waals surface area contributed by atoms with E-state index in [0.29, 0.717) is 0 Å². The zero-order chi connectivity index (χ0) is 43.4. The first-order valence-corrected chi connectivity index (χ1v) is 25.6. The van der Waals surface area contributed by atoms with Crippen LogP contribution in [0.25, 0.3) is 82.9 Å². The molecule has 9 aromatic carbocycles. The van der Waals surface area contributed by atoms with Gasteiger partial charge in [0.25, 0.3) is 0 Å². The summed E-state index contributed by atoms with van der Waals surface area (Å²) in [6, 6.07) is 80.6. The van der Waals surface area contributed by atoms with E-state index >= 15 is 0 Å². The SMILES string of the molecule is CC1=C(c2ccc(I(c3ccccc3)c3ccccc3)cc2C)NCC(n2c3ccccc3c3cc(-c4ccc5c(c4)c4ccccc4n5-c4ccc(-c5ccccc5)cc4)ccc32)=C1. The second kappa shape index (κ2) is 16.3. The van der Waals surface area contributed by atoms with Crippen molar-refractivity contribution < 1.29 is 0 Å². The van der Waals surface area contributed by atoms with Gasteiger partial charge in [-0.3, -0.25) is 0 Å². The summed E-state index contributed by atoms with van der Waals surface area (Å²) >= 11 is -1.86. The maximum atomic E-state index is 3.90. The molecule has 0 bridgehead atoms. The summed E-state index contributed by atoms with van der Waals surface area (Å²) in [6.45, 7) is 5.25. The molecule has 1 aliphatic rings. The number of allylic oxidation sites excluding steroid dienone is 2. The Morgan fingerprint density at radius 2 is 0.892 bits per heavy atom. The Morgan fingerprint density at radius 1 is 0.400 bits per heavy atom. The minimum absolute atomic E-state index is 0.728. The van der Waals surface area contributed by atoms with Crippen LogP contribution < -0.4 is 5.32 Å². The predicted octanol–water partition coefficient (Wildman–Crippen LogP) is 15.8. The molecule has 0 spiro atoms. The number of para-hydroxylation sites is 2. The molecule has 3 heterocycles. The second-order valence-electron chi connectivity index (χ2n) is 17.0. The van der Waals surface area contributed by atoms with Gasteiger partial charge in [0.05, 0.1) is 11.0 Å². The summed E-state index contributed by atoms with van der Waals surface area (Å²) < 4.78 is 9.24. The summed E-state index contributed by atoms with van der Waals surface area (Å²) in [5.41, 5.74) is 17.2. The molecule has 2 aromatic heterocycles. The van der Waals surface area contributed by atoms with Crippen LogP contribution in [0.4, 0.5) is 0 Å². The van der Waals surface area contributed by atoms with Crippen molar-refractivity contribution in [3.05, 3.63) is 252 Å². The fraction of sp³-hybridized carbons (Fsp3) is 0.0492. The van der Waals surface area contributed by atoms with Crippen molar-refractivity contribution >= 4 is 74.8 Å². The summed E-state index contributed by atoms with van der Waals surface area (Å²) in [4.78, 5) is 0. The molecule has 0 atom stereocenters. The number of aryl methyl sites for hydroxylation is 1. The number of fused-ring (bicyclic) bond motifs is 6. The normalized spacial score (nSPS) is 13.1. The van der Waals surface area contributed by atoms with E-state index in [-0.39, 0.29) is 0 Å². The Hall–Kier alpha value is -7.41. The van der Waals surface area contributed by atoms with Crippen molar-refractivity contribution in [2.24, 2.45) is 0 Å². The van der Waals surface area contributed by atoms with Gasteiger partial charge in [-0.1, -0.05) is 72.8 Å². The van der Waals surface area contributed by atoms with Crippen molar-refractivity contribution in [2.75, 3.05) is 6.54 Å². The minimum atomic E-state index is -1.86. The van der Waals surface area contributed by atoms with E-state index in [0.717, 1.165) is 12.2 Å². The maximum absolute atomic E-state index is 3.90. The molecule has 1 aliphatic heterocycles. The first-order valence-electron chi connectivity index (χ1n) is 22.4. The van der Waals surface area contributed by atoms with Gasteiger partial charge in [-0.25, -0.2) is 0 Å². The molecule has 65 heavy (non-hydrogen) atoms. The Bertz CT molecular complexity index is 3610. The molecule has 12 rings (SSSR count). The molecule has 11 aromatic rings. The molecule has 0 aliphatic carbocycles. The van der Waals surface area contributed by atoms with E-state index in [1.54, 1.807) is 0 Å². The fourth-order valence-electron chi connectivity index (χ4n) is 9.95. The molecule has 4 heteroatoms. The van der Waals surface area contributed by atoms with Crippen LogP contribution in [-0.4, -0.2) is 15.7 Å². The van der Waals surface area contributed by atoms with Crippen LogP contribution >= 0.6 is 19.8 Å². The number of dihydropyridines is 1. The molecule has 0 saturated heterocycles. The Labute approximate surface area is 387 Å². The molecule has 3 nitrogen and oxygen atoms in total. The van der Waals surface area contributed by atoms with Crippen LogP contribution in [0.15, 0.2) is 230 Å². The molecule has 0 radical (unpaired) electrons. The van der Waals surface area contributed by atoms with Crippen LogP contribution in [-0.2, 0) is 0 Å². The van der Waals surface area contributed by atoms with Gasteiger partial charge in [0.15, 0.2) is 0 Å². The molecule has 0 unspecified atom stereocenters. The average molecular weight is 948 g/mol. The van der Waals surface area contributed by atoms with E-state index in [1.807, 2.05) is 0 Å². The Morgan fingerprint density at radius 3 is 1.48 bits per heavy atom. The summed E-state index contributed by atoms with van der Waals surface area (Å²) in [5.74, 6) is 0. The fourth-order valence-corrected chi connectivity index (χ4v) is 15.7. The van der Waals surface area contributed by atoms with Gasteiger partial charge in [-0.15, -0.1) is 0 Å². The first-order chi connectivity index (χ1) is 32.1. The van der Waals surface area contributed by atoms with Gasteiger partial charge in [-0.05, 0) is 52.6 Å². The van der Waals surface area contributed by atoms with Gasteiger partial charge in [0.1, 0.15) is 0 Å². The average Bonchev–Trinajstić information content (AvgIpc) is 3.87. The Kier molecular flexibility index (Phi) is 9.83. The van der Waals surface area contributed by atoms with Crippen molar-refractivity contribution in [3.63, 3.8) is 0 Å². The number of halogens is 1. The van der Waals surface area contributed by atoms with Crippen LogP contribution in [0.2, 0.25) is 0 Å². The molecule has 0 amide bonds. The van der Waals surface area contributed by atoms with Crippen LogP contribution in [0.5, 0.6) is 0 Å². The van der Waals surface area contributed by atoms with Gasteiger partial charge < -0.3 is 4.57 Å². The molecule has 312 valence electrons. The summed E-state index contributed by atoms with van der Waals surface area (Å²) in [6.07, 6.45) is 2.39. The molecule has 1 N–H and O–H groups in total. The third-order valence-electron chi connectivity index (χ3n) is 13.0. The number of nitrogens with one attached hydrogen (secondary N) is 1. The van der Waals surface area contributed by atoms with Crippen molar-refractivity contribution in [1.82, 2.24) is 14.5 Å². The predicted molar refractivity (Wildman–Crippen MR) is 284 cm³/mol. The van der Waals surface area contributed by atoms with Crippen molar-refractivity contribution in [3.8, 4) is 27.9 Å². The number of benzene rings is 9.